The molecule has 5 aliphatic carbocycles. The van der Waals surface area contributed by atoms with Gasteiger partial charge in [0, 0.05) is 26.6 Å². The first-order chi connectivity index (χ1) is 20.8. The number of carbonyl (C=O) groups is 1. The lowest BCUT2D eigenvalue weighted by atomic mass is 9.32. The lowest BCUT2D eigenvalue weighted by molar-refractivity contribution is -0.235. The largest absolute Gasteiger partial charge is 0.508 e. The first-order valence-corrected chi connectivity index (χ1v) is 20.5. The number of halogens is 2. The van der Waals surface area contributed by atoms with Crippen LogP contribution in [0.1, 0.15) is 118 Å². The number of fused-ring (bicyclic) bond motifs is 7. The fourth-order valence-electron chi connectivity index (χ4n) is 12.6. The second-order valence-electron chi connectivity index (χ2n) is 17.1. The maximum atomic E-state index is 12.7. The van der Waals surface area contributed by atoms with E-state index in [-0.39, 0.29) is 24.7 Å². The molecule has 1 N–H and O–H groups in total. The molecule has 6 aliphatic rings. The highest BCUT2D eigenvalue weighted by Gasteiger charge is 2.69. The summed E-state index contributed by atoms with van der Waals surface area (Å²) in [6.07, 6.45) is 14.1. The van der Waals surface area contributed by atoms with Gasteiger partial charge in [0.15, 0.2) is 6.29 Å². The van der Waals surface area contributed by atoms with Crippen molar-refractivity contribution in [3.8, 4) is 0 Å². The smallest absolute Gasteiger partial charge is 0.434 e. The Morgan fingerprint density at radius 2 is 1.64 bits per heavy atom. The topological polar surface area (TPSA) is 74.2 Å². The number of ether oxygens (including phenoxy) is 4. The van der Waals surface area contributed by atoms with Gasteiger partial charge < -0.3 is 24.1 Å². The van der Waals surface area contributed by atoms with Crippen LogP contribution in [0.3, 0.4) is 0 Å². The SMILES string of the molecule is CC1(C)C(I)CCC2(C)C1CCC1(C)C2CCC2C3CCCC3(COC(=O)OCCOC3CC(O)CC(CI)O3)CC[C@]21C. The lowest BCUT2D eigenvalue weighted by Gasteiger charge is -2.72. The zero-order valence-corrected chi connectivity index (χ0v) is 32.2. The predicted octanol–water partition coefficient (Wildman–Crippen LogP) is 9.12. The van der Waals surface area contributed by atoms with Crippen LogP contribution in [0.25, 0.3) is 0 Å². The van der Waals surface area contributed by atoms with E-state index in [1.165, 1.54) is 70.6 Å². The van der Waals surface area contributed by atoms with Crippen molar-refractivity contribution >= 4 is 51.3 Å². The van der Waals surface area contributed by atoms with Crippen molar-refractivity contribution < 1.29 is 28.8 Å². The first-order valence-electron chi connectivity index (χ1n) is 17.7. The van der Waals surface area contributed by atoms with Crippen LogP contribution in [0.5, 0.6) is 0 Å². The molecule has 0 spiro atoms. The maximum absolute atomic E-state index is 12.7. The molecule has 0 amide bonds. The van der Waals surface area contributed by atoms with Gasteiger partial charge in [0.05, 0.1) is 18.8 Å². The predicted molar refractivity (Wildman–Crippen MR) is 189 cm³/mol. The lowest BCUT2D eigenvalue weighted by Crippen LogP contribution is -2.66. The number of aliphatic hydroxyl groups excluding tert-OH is 1. The molecular weight excluding hydrogens is 782 g/mol. The molecule has 0 radical (unpaired) electrons. The maximum Gasteiger partial charge on any atom is 0.508 e. The van der Waals surface area contributed by atoms with Gasteiger partial charge in [0.25, 0.3) is 0 Å². The number of aliphatic hydroxyl groups is 1. The van der Waals surface area contributed by atoms with Crippen molar-refractivity contribution in [3.63, 3.8) is 0 Å². The third kappa shape index (κ3) is 5.72. The molecule has 6 nitrogen and oxygen atoms in total. The van der Waals surface area contributed by atoms with Gasteiger partial charge in [0.1, 0.15) is 13.2 Å². The molecule has 0 aromatic heterocycles. The summed E-state index contributed by atoms with van der Waals surface area (Å²) in [7, 11) is 0. The average molecular weight is 841 g/mol. The summed E-state index contributed by atoms with van der Waals surface area (Å²) in [6, 6.07) is 0. The van der Waals surface area contributed by atoms with Gasteiger partial charge in [-0.1, -0.05) is 86.2 Å². The third-order valence-corrected chi connectivity index (χ3v) is 18.3. The van der Waals surface area contributed by atoms with E-state index in [9.17, 15) is 9.90 Å². The van der Waals surface area contributed by atoms with E-state index < -0.39 is 18.5 Å². The quantitative estimate of drug-likeness (QED) is 0.119. The molecule has 0 bridgehead atoms. The van der Waals surface area contributed by atoms with E-state index in [0.29, 0.717) is 47.0 Å². The van der Waals surface area contributed by atoms with E-state index in [4.69, 9.17) is 18.9 Å². The molecule has 1 heterocycles. The molecule has 1 aliphatic heterocycles. The standard InChI is InChI=1S/C36H58I2O6/c1-32(2)27-10-14-35(5)28(33(27,3)13-11-29(32)38)9-8-25-26-7-6-12-36(26,16-15-34(25,35)4)22-43-31(40)42-18-17-41-30-20-23(39)19-24(21-37)44-30/h23-30,39H,6-22H2,1-5H3/t23?,24?,25?,26?,27?,28?,29?,30?,33?,34-,35?,36?/m1/s1. The minimum atomic E-state index is -0.577. The van der Waals surface area contributed by atoms with Crippen molar-refractivity contribution in [1.29, 1.82) is 0 Å². The fraction of sp³-hybridized carbons (Fsp3) is 0.972. The van der Waals surface area contributed by atoms with Crippen LogP contribution in [-0.2, 0) is 18.9 Å². The van der Waals surface area contributed by atoms with E-state index >= 15 is 0 Å². The van der Waals surface area contributed by atoms with Crippen LogP contribution in [0.15, 0.2) is 0 Å². The Hall–Kier alpha value is 0.610. The second-order valence-corrected chi connectivity index (χ2v) is 19.5. The van der Waals surface area contributed by atoms with Crippen LogP contribution in [0.2, 0.25) is 0 Å². The van der Waals surface area contributed by atoms with Gasteiger partial charge >= 0.3 is 6.16 Å². The molecule has 252 valence electrons. The molecule has 44 heavy (non-hydrogen) atoms. The van der Waals surface area contributed by atoms with Crippen molar-refractivity contribution in [2.75, 3.05) is 24.2 Å². The van der Waals surface area contributed by atoms with Crippen LogP contribution in [0.4, 0.5) is 4.79 Å². The monoisotopic (exact) mass is 840 g/mol. The van der Waals surface area contributed by atoms with Gasteiger partial charge in [-0.3, -0.25) is 0 Å². The van der Waals surface area contributed by atoms with Gasteiger partial charge in [-0.05, 0) is 110 Å². The van der Waals surface area contributed by atoms with Crippen LogP contribution < -0.4 is 0 Å². The summed E-state index contributed by atoms with van der Waals surface area (Å²) in [5, 5.41) is 10.1. The summed E-state index contributed by atoms with van der Waals surface area (Å²) >= 11 is 5.03. The number of hydrogen-bond acceptors (Lipinski definition) is 6. The zero-order valence-electron chi connectivity index (χ0n) is 27.9. The molecule has 8 heteroatoms. The number of rotatable bonds is 7. The molecule has 5 saturated carbocycles. The summed E-state index contributed by atoms with van der Waals surface area (Å²) in [5.74, 6) is 3.01. The molecule has 11 unspecified atom stereocenters. The fourth-order valence-corrected chi connectivity index (χ4v) is 13.9. The third-order valence-electron chi connectivity index (χ3n) is 15.0. The minimum Gasteiger partial charge on any atom is -0.434 e. The highest BCUT2D eigenvalue weighted by molar-refractivity contribution is 14.1. The summed E-state index contributed by atoms with van der Waals surface area (Å²) < 4.78 is 24.6. The molecule has 0 aromatic rings. The van der Waals surface area contributed by atoms with Gasteiger partial charge in [-0.25, -0.2) is 4.79 Å². The summed E-state index contributed by atoms with van der Waals surface area (Å²) in [5.41, 5.74) is 1.72. The number of hydrogen-bond donors (Lipinski definition) is 1. The summed E-state index contributed by atoms with van der Waals surface area (Å²) in [6.45, 7) is 14.1. The first kappa shape index (κ1) is 34.5. The highest BCUT2D eigenvalue weighted by atomic mass is 127. The molecule has 1 saturated heterocycles. The van der Waals surface area contributed by atoms with Gasteiger partial charge in [-0.2, -0.15) is 0 Å². The van der Waals surface area contributed by atoms with Crippen molar-refractivity contribution in [2.24, 2.45) is 50.7 Å². The number of alkyl halides is 2. The second kappa shape index (κ2) is 12.8. The molecule has 0 aromatic carbocycles. The normalized spacial score (nSPS) is 49.6. The average Bonchev–Trinajstić information content (AvgIpc) is 3.41. The van der Waals surface area contributed by atoms with E-state index in [0.717, 1.165) is 26.1 Å². The van der Waals surface area contributed by atoms with E-state index in [1.54, 1.807) is 0 Å². The highest BCUT2D eigenvalue weighted by Crippen LogP contribution is 2.77. The number of carbonyl (C=O) groups excluding carboxylic acids is 1. The molecule has 6 rings (SSSR count). The Morgan fingerprint density at radius 3 is 2.41 bits per heavy atom. The van der Waals surface area contributed by atoms with E-state index in [1.807, 2.05) is 0 Å². The Morgan fingerprint density at radius 1 is 0.841 bits per heavy atom. The molecule has 6 fully saturated rings. The van der Waals surface area contributed by atoms with Crippen LogP contribution in [0, 0.1) is 50.7 Å². The van der Waals surface area contributed by atoms with Crippen molar-refractivity contribution in [1.82, 2.24) is 0 Å². The van der Waals surface area contributed by atoms with Gasteiger partial charge in [0.2, 0.25) is 0 Å². The minimum absolute atomic E-state index is 0.00452. The van der Waals surface area contributed by atoms with Crippen LogP contribution in [-0.4, -0.2) is 57.9 Å². The molecule has 12 atom stereocenters. The van der Waals surface area contributed by atoms with Crippen molar-refractivity contribution in [2.45, 2.75) is 141 Å². The Kier molecular flexibility index (Phi) is 10.0. The molecular formula is C36H58I2O6. The summed E-state index contributed by atoms with van der Waals surface area (Å²) in [4.78, 5) is 12.7. The van der Waals surface area contributed by atoms with E-state index in [2.05, 4.69) is 79.8 Å². The van der Waals surface area contributed by atoms with Crippen molar-refractivity contribution in [3.05, 3.63) is 0 Å². The Bertz CT molecular complexity index is 1060. The van der Waals surface area contributed by atoms with Crippen LogP contribution >= 0.6 is 45.2 Å². The zero-order chi connectivity index (χ0) is 31.5. The Labute approximate surface area is 293 Å². The van der Waals surface area contributed by atoms with Gasteiger partial charge in [-0.15, -0.1) is 0 Å². The Balaban J connectivity index is 1.06.